The fraction of sp³-hybridized carbons (Fsp3) is 0.129. The maximum Gasteiger partial charge on any atom is 0.0511 e. The molecular formula is C62H56Fe2O8P4. The van der Waals surface area contributed by atoms with Crippen molar-refractivity contribution in [3.8, 4) is 0 Å². The maximum atomic E-state index is 7.50. The molecule has 76 heavy (non-hydrogen) atoms. The van der Waals surface area contributed by atoms with Crippen molar-refractivity contribution in [3.05, 3.63) is 283 Å². The van der Waals surface area contributed by atoms with Gasteiger partial charge in [0.2, 0.25) is 0 Å². The predicted molar refractivity (Wildman–Crippen MR) is 301 cm³/mol. The van der Waals surface area contributed by atoms with Crippen LogP contribution < -0.4 is 42.4 Å². The van der Waals surface area contributed by atoms with Gasteiger partial charge in [0.25, 0.3) is 0 Å². The second-order valence-electron chi connectivity index (χ2n) is 14.5. The van der Waals surface area contributed by atoms with Gasteiger partial charge >= 0.3 is 67.8 Å². The molecule has 0 N–H and O–H groups in total. The van der Waals surface area contributed by atoms with E-state index in [1.165, 1.54) is 42.4 Å². The zero-order valence-electron chi connectivity index (χ0n) is 41.5. The normalized spacial score (nSPS) is 9.26. The summed E-state index contributed by atoms with van der Waals surface area (Å²) in [4.78, 5) is 0. The summed E-state index contributed by atoms with van der Waals surface area (Å²) in [5.74, 6) is 0. The van der Waals surface area contributed by atoms with Crippen molar-refractivity contribution in [3.63, 3.8) is 0 Å². The molecule has 0 aliphatic rings. The van der Waals surface area contributed by atoms with E-state index < -0.39 is 31.7 Å². The Morgan fingerprint density at radius 1 is 0.211 bits per heavy atom. The van der Waals surface area contributed by atoms with Gasteiger partial charge in [-0.05, 0) is 98.8 Å². The summed E-state index contributed by atoms with van der Waals surface area (Å²) < 4.78 is 57.4. The first-order valence-corrected chi connectivity index (χ1v) is 28.8. The van der Waals surface area contributed by atoms with E-state index in [2.05, 4.69) is 283 Å². The van der Waals surface area contributed by atoms with Gasteiger partial charge in [0.05, 0.1) is 26.4 Å². The molecule has 8 aromatic rings. The van der Waals surface area contributed by atoms with Crippen molar-refractivity contribution in [2.75, 3.05) is 51.1 Å². The first-order valence-electron chi connectivity index (χ1n) is 22.7. The SMILES string of the molecule is [C-]#[O+].[C-]#[O+].[C-]#[O+].[C-]#[O+].[C-]#[O+].[C-]#[O+].[Fe].[Fe].c1ccc(P(CCOCCP(c2ccccc2)c2ccccc2)c2ccccc2)cc1.c1ccc(P(CCOCCP(c2ccccc2)c2ccccc2)c2ccccc2)cc1. The van der Waals surface area contributed by atoms with E-state index in [1.54, 1.807) is 0 Å². The Hall–Kier alpha value is -5.12. The summed E-state index contributed by atoms with van der Waals surface area (Å²) in [5, 5.41) is 11.4. The van der Waals surface area contributed by atoms with Crippen molar-refractivity contribution in [2.45, 2.75) is 0 Å². The molecule has 0 radical (unpaired) electrons. The van der Waals surface area contributed by atoms with Crippen LogP contribution in [0.15, 0.2) is 243 Å². The average molecular weight is 1160 g/mol. The minimum Gasteiger partial charge on any atom is -0.381 e. The molecule has 0 bridgehead atoms. The quantitative estimate of drug-likeness (QED) is 0.0247. The Morgan fingerprint density at radius 2 is 0.316 bits per heavy atom. The van der Waals surface area contributed by atoms with Gasteiger partial charge in [0, 0.05) is 34.1 Å². The van der Waals surface area contributed by atoms with Crippen LogP contribution >= 0.6 is 31.7 Å². The third kappa shape index (κ3) is 27.8. The summed E-state index contributed by atoms with van der Waals surface area (Å²) >= 11 is 0. The second-order valence-corrected chi connectivity index (χ2v) is 23.9. The number of hydrogen-bond acceptors (Lipinski definition) is 2. The molecule has 0 fully saturated rings. The van der Waals surface area contributed by atoms with Crippen molar-refractivity contribution in [1.29, 1.82) is 0 Å². The molecule has 14 heteroatoms. The van der Waals surface area contributed by atoms with Crippen molar-refractivity contribution in [1.82, 2.24) is 0 Å². The molecule has 0 aliphatic carbocycles. The minimum atomic E-state index is -0.390. The van der Waals surface area contributed by atoms with Gasteiger partial charge in [-0.25, -0.2) is 0 Å². The zero-order valence-corrected chi connectivity index (χ0v) is 47.3. The summed E-state index contributed by atoms with van der Waals surface area (Å²) in [6.07, 6.45) is 4.21. The van der Waals surface area contributed by atoms with Gasteiger partial charge in [-0.1, -0.05) is 243 Å². The molecule has 0 atom stereocenters. The van der Waals surface area contributed by atoms with Crippen LogP contribution in [-0.2, 0) is 71.5 Å². The van der Waals surface area contributed by atoms with Crippen LogP contribution in [0.2, 0.25) is 0 Å². The fourth-order valence-corrected chi connectivity index (χ4v) is 16.1. The number of rotatable bonds is 20. The van der Waals surface area contributed by atoms with Crippen LogP contribution in [0.1, 0.15) is 0 Å². The number of hydrogen-bond donors (Lipinski definition) is 0. The second kappa shape index (κ2) is 50.7. The van der Waals surface area contributed by atoms with E-state index in [1.807, 2.05) is 0 Å². The van der Waals surface area contributed by atoms with Crippen LogP contribution in [0.4, 0.5) is 0 Å². The summed E-state index contributed by atoms with van der Waals surface area (Å²) in [5.41, 5.74) is 0. The Kier molecular flexibility index (Phi) is 48.6. The molecule has 0 aromatic heterocycles. The molecule has 0 amide bonds. The largest absolute Gasteiger partial charge is 0.381 e. The van der Waals surface area contributed by atoms with Crippen LogP contribution in [0.5, 0.6) is 0 Å². The molecule has 8 rings (SSSR count). The van der Waals surface area contributed by atoms with E-state index in [0.717, 1.165) is 51.1 Å². The Labute approximate surface area is 476 Å². The first-order chi connectivity index (χ1) is 36.8. The molecule has 388 valence electrons. The Balaban J connectivity index is 0. The molecule has 0 heterocycles. The third-order valence-electron chi connectivity index (χ3n) is 10.4. The topological polar surface area (TPSA) is 138 Å². The number of ether oxygens (including phenoxy) is 2. The van der Waals surface area contributed by atoms with Crippen LogP contribution in [0, 0.1) is 39.9 Å². The molecule has 0 saturated carbocycles. The molecule has 0 saturated heterocycles. The van der Waals surface area contributed by atoms with Crippen LogP contribution in [0.3, 0.4) is 0 Å². The Morgan fingerprint density at radius 3 is 0.421 bits per heavy atom. The predicted octanol–water partition coefficient (Wildman–Crippen LogP) is 10.3. The van der Waals surface area contributed by atoms with Gasteiger partial charge in [0.1, 0.15) is 0 Å². The molecule has 0 unspecified atom stereocenters. The van der Waals surface area contributed by atoms with E-state index in [0.29, 0.717) is 0 Å². The average Bonchev–Trinajstić information content (AvgIpc) is 3.52. The van der Waals surface area contributed by atoms with Crippen LogP contribution in [-0.4, -0.2) is 51.1 Å². The van der Waals surface area contributed by atoms with E-state index >= 15 is 0 Å². The summed E-state index contributed by atoms with van der Waals surface area (Å²) in [6.45, 7) is 30.2. The molecule has 8 nitrogen and oxygen atoms in total. The maximum absolute atomic E-state index is 7.50. The summed E-state index contributed by atoms with van der Waals surface area (Å²) in [6, 6.07) is 87.0. The summed E-state index contributed by atoms with van der Waals surface area (Å²) in [7, 11) is -1.56. The van der Waals surface area contributed by atoms with Crippen molar-refractivity contribution in [2.24, 2.45) is 0 Å². The van der Waals surface area contributed by atoms with E-state index in [-0.39, 0.29) is 34.1 Å². The van der Waals surface area contributed by atoms with Crippen molar-refractivity contribution < 1.29 is 71.5 Å². The molecule has 8 aromatic carbocycles. The Bertz CT molecular complexity index is 2140. The standard InChI is InChI=1S/2C28H28OP2.6CO.2Fe/c2*1-5-13-25(14-6-1)30(26-15-7-2-8-16-26)23-21-29-22-24-31(27-17-9-3-10-18-27)28-19-11-4-12-20-28;6*1-2;;/h2*1-20H,21-24H2;;;;;;;;. The van der Waals surface area contributed by atoms with E-state index in [4.69, 9.17) is 37.4 Å². The zero-order chi connectivity index (χ0) is 54.3. The first kappa shape index (κ1) is 73.0. The monoisotopic (exact) mass is 1160 g/mol. The van der Waals surface area contributed by atoms with Crippen molar-refractivity contribution >= 4 is 74.1 Å². The van der Waals surface area contributed by atoms with E-state index in [9.17, 15) is 0 Å². The van der Waals surface area contributed by atoms with Gasteiger partial charge < -0.3 is 9.47 Å². The number of benzene rings is 8. The van der Waals surface area contributed by atoms with Gasteiger partial charge in [-0.3, -0.25) is 0 Å². The molecule has 0 aliphatic heterocycles. The smallest absolute Gasteiger partial charge is 0.0511 e. The van der Waals surface area contributed by atoms with Gasteiger partial charge in [-0.2, -0.15) is 0 Å². The van der Waals surface area contributed by atoms with Crippen LogP contribution in [0.25, 0.3) is 0 Å². The third-order valence-corrected chi connectivity index (χ3v) is 20.3. The molecule has 0 spiro atoms. The molecular weight excluding hydrogens is 1110 g/mol. The van der Waals surface area contributed by atoms with Gasteiger partial charge in [0.15, 0.2) is 0 Å². The fourth-order valence-electron chi connectivity index (χ4n) is 7.32. The van der Waals surface area contributed by atoms with Gasteiger partial charge in [-0.15, -0.1) is 0 Å². The minimum absolute atomic E-state index is 0.